The molecule has 6 nitrogen and oxygen atoms in total. The number of carbonyl (C=O) groups is 2. The smallest absolute Gasteiger partial charge is 0.301 e. The molecule has 3 aromatic rings. The van der Waals surface area contributed by atoms with Gasteiger partial charge in [-0.1, -0.05) is 42.5 Å². The zero-order valence-electron chi connectivity index (χ0n) is 16.9. The third kappa shape index (κ3) is 4.00. The number of carbonyl (C=O) groups excluding carboxylic acids is 2. The average Bonchev–Trinajstić information content (AvgIpc) is 3.09. The van der Waals surface area contributed by atoms with Crippen LogP contribution in [0.15, 0.2) is 91.2 Å². The molecule has 7 heteroatoms. The summed E-state index contributed by atoms with van der Waals surface area (Å²) < 4.78 is 5.46. The van der Waals surface area contributed by atoms with Gasteiger partial charge in [-0.25, -0.2) is 4.98 Å². The molecule has 1 fully saturated rings. The highest BCUT2D eigenvalue weighted by Gasteiger charge is 2.47. The molecule has 0 aliphatic carbocycles. The Morgan fingerprint density at radius 1 is 1.09 bits per heavy atom. The lowest BCUT2D eigenvalue weighted by atomic mass is 9.95. The topological polar surface area (TPSA) is 79.7 Å². The molecule has 0 bridgehead atoms. The Kier molecular flexibility index (Phi) is 6.05. The van der Waals surface area contributed by atoms with Crippen molar-refractivity contribution in [1.82, 2.24) is 4.98 Å². The number of anilines is 1. The first kappa shape index (κ1) is 21.3. The molecule has 2 aromatic carbocycles. The Bertz CT molecular complexity index is 1190. The summed E-state index contributed by atoms with van der Waals surface area (Å²) in [7, 11) is 0. The molecule has 1 N–H and O–H groups in total. The third-order valence-electron chi connectivity index (χ3n) is 5.02. The van der Waals surface area contributed by atoms with Crippen LogP contribution in [0.3, 0.4) is 0 Å². The first-order valence-corrected chi connectivity index (χ1v) is 10.2. The summed E-state index contributed by atoms with van der Waals surface area (Å²) in [4.78, 5) is 31.6. The molecule has 0 saturated carbocycles. The number of ether oxygens (including phenoxy) is 1. The van der Waals surface area contributed by atoms with Gasteiger partial charge in [-0.2, -0.15) is 0 Å². The van der Waals surface area contributed by atoms with Crippen molar-refractivity contribution in [2.75, 3.05) is 11.5 Å². The number of Topliss-reactive ketones (excluding diaryl/α,β-unsaturated/α-hetero) is 1. The molecule has 4 rings (SSSR count). The summed E-state index contributed by atoms with van der Waals surface area (Å²) in [6.07, 6.45) is 3.16. The predicted octanol–water partition coefficient (Wildman–Crippen LogP) is 4.93. The normalized spacial score (nSPS) is 17.4. The molecule has 1 unspecified atom stereocenters. The van der Waals surface area contributed by atoms with E-state index in [2.05, 4.69) is 11.6 Å². The number of halogens is 1. The molecule has 160 valence electrons. The largest absolute Gasteiger partial charge is 0.507 e. The van der Waals surface area contributed by atoms with Crippen LogP contribution in [0.4, 0.5) is 5.82 Å². The van der Waals surface area contributed by atoms with Gasteiger partial charge in [0.15, 0.2) is 0 Å². The number of aliphatic hydroxyl groups is 1. The molecule has 0 spiro atoms. The Balaban J connectivity index is 1.84. The van der Waals surface area contributed by atoms with Gasteiger partial charge in [0.05, 0.1) is 11.6 Å². The van der Waals surface area contributed by atoms with Gasteiger partial charge in [0.2, 0.25) is 0 Å². The van der Waals surface area contributed by atoms with Crippen LogP contribution >= 0.6 is 11.6 Å². The highest BCUT2D eigenvalue weighted by atomic mass is 35.5. The molecule has 1 saturated heterocycles. The number of pyridine rings is 1. The van der Waals surface area contributed by atoms with Gasteiger partial charge in [0.1, 0.15) is 23.9 Å². The highest BCUT2D eigenvalue weighted by molar-refractivity contribution is 6.51. The molecule has 1 aliphatic heterocycles. The standard InChI is InChI=1S/C25H19ClN2O4/c1-2-15-32-19-12-8-17(9-13-19)23(29)21-22(16-6-10-18(26)11-7-16)28(25(31)24(21)30)20-5-3-4-14-27-20/h2-14,22,29H,1,15H2/b23-21-. The van der Waals surface area contributed by atoms with E-state index in [4.69, 9.17) is 16.3 Å². The van der Waals surface area contributed by atoms with Crippen LogP contribution in [0.1, 0.15) is 17.2 Å². The van der Waals surface area contributed by atoms with Crippen molar-refractivity contribution in [3.8, 4) is 5.75 Å². The quantitative estimate of drug-likeness (QED) is 0.251. The molecule has 1 atom stereocenters. The van der Waals surface area contributed by atoms with Crippen LogP contribution in [0.5, 0.6) is 5.75 Å². The molecule has 0 radical (unpaired) electrons. The molecular formula is C25H19ClN2O4. The van der Waals surface area contributed by atoms with Gasteiger partial charge in [-0.05, 0) is 54.1 Å². The zero-order chi connectivity index (χ0) is 22.7. The van der Waals surface area contributed by atoms with E-state index in [1.807, 2.05) is 0 Å². The van der Waals surface area contributed by atoms with Gasteiger partial charge < -0.3 is 9.84 Å². The fourth-order valence-corrected chi connectivity index (χ4v) is 3.67. The van der Waals surface area contributed by atoms with Gasteiger partial charge in [0, 0.05) is 16.8 Å². The molecule has 1 aromatic heterocycles. The van der Waals surface area contributed by atoms with Crippen LogP contribution in [-0.4, -0.2) is 28.4 Å². The molecular weight excluding hydrogens is 428 g/mol. The van der Waals surface area contributed by atoms with Crippen molar-refractivity contribution < 1.29 is 19.4 Å². The second-order valence-electron chi connectivity index (χ2n) is 7.03. The van der Waals surface area contributed by atoms with Crippen LogP contribution in [0.25, 0.3) is 5.76 Å². The number of ketones is 1. The maximum absolute atomic E-state index is 13.1. The molecule has 1 aliphatic rings. The zero-order valence-corrected chi connectivity index (χ0v) is 17.7. The van der Waals surface area contributed by atoms with Gasteiger partial charge in [-0.15, -0.1) is 0 Å². The highest BCUT2D eigenvalue weighted by Crippen LogP contribution is 2.41. The number of hydrogen-bond acceptors (Lipinski definition) is 5. The number of aliphatic hydroxyl groups excluding tert-OH is 1. The number of nitrogens with zero attached hydrogens (tertiary/aromatic N) is 2. The van der Waals surface area contributed by atoms with Crippen molar-refractivity contribution in [3.63, 3.8) is 0 Å². The van der Waals surface area contributed by atoms with Gasteiger partial charge >= 0.3 is 5.91 Å². The lowest BCUT2D eigenvalue weighted by Crippen LogP contribution is -2.30. The maximum Gasteiger partial charge on any atom is 0.301 e. The van der Waals surface area contributed by atoms with E-state index < -0.39 is 17.7 Å². The number of rotatable bonds is 6. The summed E-state index contributed by atoms with van der Waals surface area (Å²) in [5, 5.41) is 11.6. The number of amides is 1. The predicted molar refractivity (Wildman–Crippen MR) is 123 cm³/mol. The van der Waals surface area contributed by atoms with Crippen molar-refractivity contribution in [1.29, 1.82) is 0 Å². The minimum Gasteiger partial charge on any atom is -0.507 e. The summed E-state index contributed by atoms with van der Waals surface area (Å²) in [6.45, 7) is 3.95. The summed E-state index contributed by atoms with van der Waals surface area (Å²) >= 11 is 6.04. The summed E-state index contributed by atoms with van der Waals surface area (Å²) in [5.41, 5.74) is 0.975. The van der Waals surface area contributed by atoms with Gasteiger partial charge in [-0.3, -0.25) is 14.5 Å². The Morgan fingerprint density at radius 3 is 2.44 bits per heavy atom. The van der Waals surface area contributed by atoms with Crippen LogP contribution < -0.4 is 9.64 Å². The van der Waals surface area contributed by atoms with E-state index in [1.165, 1.54) is 11.1 Å². The summed E-state index contributed by atoms with van der Waals surface area (Å²) in [6, 6.07) is 17.6. The fourth-order valence-electron chi connectivity index (χ4n) is 3.55. The van der Waals surface area contributed by atoms with Crippen LogP contribution in [0.2, 0.25) is 5.02 Å². The molecule has 2 heterocycles. The van der Waals surface area contributed by atoms with Crippen molar-refractivity contribution >= 4 is 34.9 Å². The minimum atomic E-state index is -0.862. The average molecular weight is 447 g/mol. The first-order valence-electron chi connectivity index (χ1n) is 9.83. The minimum absolute atomic E-state index is 0.0252. The van der Waals surface area contributed by atoms with Crippen LogP contribution in [0, 0.1) is 0 Å². The van der Waals surface area contributed by atoms with E-state index in [-0.39, 0.29) is 11.3 Å². The summed E-state index contributed by atoms with van der Waals surface area (Å²) in [5.74, 6) is -0.945. The first-order chi connectivity index (χ1) is 15.5. The van der Waals surface area contributed by atoms with Gasteiger partial charge in [0.25, 0.3) is 5.78 Å². The third-order valence-corrected chi connectivity index (χ3v) is 5.27. The fraction of sp³-hybridized carbons (Fsp3) is 0.0800. The van der Waals surface area contributed by atoms with Crippen LogP contribution in [-0.2, 0) is 9.59 Å². The van der Waals surface area contributed by atoms with E-state index in [1.54, 1.807) is 72.8 Å². The number of hydrogen-bond donors (Lipinski definition) is 1. The Hall–Kier alpha value is -3.90. The van der Waals surface area contributed by atoms with E-state index in [0.29, 0.717) is 34.3 Å². The van der Waals surface area contributed by atoms with Crippen molar-refractivity contribution in [2.45, 2.75) is 6.04 Å². The lowest BCUT2D eigenvalue weighted by molar-refractivity contribution is -0.132. The molecule has 32 heavy (non-hydrogen) atoms. The van der Waals surface area contributed by atoms with E-state index in [0.717, 1.165) is 0 Å². The van der Waals surface area contributed by atoms with Crippen molar-refractivity contribution in [3.05, 3.63) is 107 Å². The monoisotopic (exact) mass is 446 g/mol. The lowest BCUT2D eigenvalue weighted by Gasteiger charge is -2.24. The second-order valence-corrected chi connectivity index (χ2v) is 7.47. The van der Waals surface area contributed by atoms with E-state index in [9.17, 15) is 14.7 Å². The Labute approximate surface area is 190 Å². The number of aromatic nitrogens is 1. The Morgan fingerprint density at radius 2 is 1.81 bits per heavy atom. The number of benzene rings is 2. The molecule has 1 amide bonds. The maximum atomic E-state index is 13.1. The van der Waals surface area contributed by atoms with E-state index >= 15 is 0 Å². The second kappa shape index (κ2) is 9.08. The SMILES string of the molecule is C=CCOc1ccc(/C(O)=C2/C(=O)C(=O)N(c3ccccn3)C2c2ccc(Cl)cc2)cc1. The van der Waals surface area contributed by atoms with Crippen molar-refractivity contribution in [2.24, 2.45) is 0 Å².